The van der Waals surface area contributed by atoms with Crippen LogP contribution in [0.4, 0.5) is 5.69 Å². The van der Waals surface area contributed by atoms with Crippen LogP contribution < -0.4 is 10.1 Å². The minimum absolute atomic E-state index is 0.268. The topological polar surface area (TPSA) is 51.2 Å². The molecule has 5 heteroatoms. The Bertz CT molecular complexity index is 922. The zero-order chi connectivity index (χ0) is 16.9. The molecule has 0 fully saturated rings. The fraction of sp³-hybridized carbons (Fsp3) is 0.0526. The summed E-state index contributed by atoms with van der Waals surface area (Å²) in [6.07, 6.45) is 4.80. The smallest absolute Gasteiger partial charge is 0.248 e. The molecule has 1 aromatic heterocycles. The predicted octanol–water partition coefficient (Wildman–Crippen LogP) is 4.55. The lowest BCUT2D eigenvalue weighted by Crippen LogP contribution is -2.08. The Morgan fingerprint density at radius 2 is 2.04 bits per heavy atom. The number of hydrogen-bond donors (Lipinski definition) is 1. The average molecular weight is 339 g/mol. The molecule has 0 saturated heterocycles. The van der Waals surface area contributed by atoms with Crippen molar-refractivity contribution < 1.29 is 9.53 Å². The minimum atomic E-state index is -0.268. The van der Waals surface area contributed by atoms with Crippen molar-refractivity contribution in [2.24, 2.45) is 0 Å². The van der Waals surface area contributed by atoms with Gasteiger partial charge in [-0.1, -0.05) is 35.9 Å². The van der Waals surface area contributed by atoms with E-state index >= 15 is 0 Å². The summed E-state index contributed by atoms with van der Waals surface area (Å²) in [5.41, 5.74) is 2.08. The van der Waals surface area contributed by atoms with Crippen molar-refractivity contribution in [2.45, 2.75) is 0 Å². The van der Waals surface area contributed by atoms with Gasteiger partial charge in [-0.25, -0.2) is 0 Å². The normalized spacial score (nSPS) is 10.9. The third kappa shape index (κ3) is 3.55. The number of carbonyl (C=O) groups excluding carboxylic acids is 1. The number of methoxy groups -OCH3 is 1. The largest absolute Gasteiger partial charge is 0.497 e. The van der Waals surface area contributed by atoms with Crippen molar-refractivity contribution in [3.63, 3.8) is 0 Å². The molecule has 0 aliphatic carbocycles. The summed E-state index contributed by atoms with van der Waals surface area (Å²) >= 11 is 6.08. The number of amides is 1. The highest BCUT2D eigenvalue weighted by Crippen LogP contribution is 2.27. The van der Waals surface area contributed by atoms with E-state index in [9.17, 15) is 4.79 Å². The van der Waals surface area contributed by atoms with Gasteiger partial charge in [-0.05, 0) is 29.8 Å². The highest BCUT2D eigenvalue weighted by Gasteiger charge is 2.08. The van der Waals surface area contributed by atoms with E-state index in [1.165, 1.54) is 6.08 Å². The molecule has 0 radical (unpaired) electrons. The van der Waals surface area contributed by atoms with Crippen LogP contribution in [-0.2, 0) is 4.79 Å². The van der Waals surface area contributed by atoms with Gasteiger partial charge in [0, 0.05) is 28.7 Å². The number of benzene rings is 2. The van der Waals surface area contributed by atoms with E-state index in [1.54, 1.807) is 31.5 Å². The molecule has 0 unspecified atom stereocenters. The van der Waals surface area contributed by atoms with Gasteiger partial charge in [0.25, 0.3) is 0 Å². The zero-order valence-electron chi connectivity index (χ0n) is 13.0. The standard InChI is InChI=1S/C19H15ClN2O2/c1-24-15-11-14-6-4-10-21-19(14)17(12-15)22-18(23)9-8-13-5-2-3-7-16(13)20/h2-12H,1H3,(H,22,23)/b9-8+. The Labute approximate surface area is 144 Å². The van der Waals surface area contributed by atoms with Crippen LogP contribution in [0.2, 0.25) is 5.02 Å². The highest BCUT2D eigenvalue weighted by molar-refractivity contribution is 6.32. The number of aromatic nitrogens is 1. The summed E-state index contributed by atoms with van der Waals surface area (Å²) in [6, 6.07) is 14.7. The van der Waals surface area contributed by atoms with E-state index in [4.69, 9.17) is 16.3 Å². The maximum absolute atomic E-state index is 12.2. The zero-order valence-corrected chi connectivity index (χ0v) is 13.7. The van der Waals surface area contributed by atoms with Gasteiger partial charge in [0.05, 0.1) is 18.3 Å². The van der Waals surface area contributed by atoms with Crippen LogP contribution in [0.15, 0.2) is 60.8 Å². The second-order valence-corrected chi connectivity index (χ2v) is 5.50. The van der Waals surface area contributed by atoms with Crippen molar-refractivity contribution in [1.29, 1.82) is 0 Å². The molecular weight excluding hydrogens is 324 g/mol. The fourth-order valence-electron chi connectivity index (χ4n) is 2.33. The summed E-state index contributed by atoms with van der Waals surface area (Å²) in [5, 5.41) is 4.32. The first-order chi connectivity index (χ1) is 11.7. The van der Waals surface area contributed by atoms with Crippen LogP contribution in [0.1, 0.15) is 5.56 Å². The van der Waals surface area contributed by atoms with Crippen LogP contribution in [0, 0.1) is 0 Å². The third-order valence-corrected chi connectivity index (χ3v) is 3.84. The van der Waals surface area contributed by atoms with Gasteiger partial charge in [-0.2, -0.15) is 0 Å². The van der Waals surface area contributed by atoms with Gasteiger partial charge in [-0.3, -0.25) is 9.78 Å². The number of hydrogen-bond acceptors (Lipinski definition) is 3. The Balaban J connectivity index is 1.86. The monoisotopic (exact) mass is 338 g/mol. The fourth-order valence-corrected chi connectivity index (χ4v) is 2.53. The molecule has 0 aliphatic heterocycles. The predicted molar refractivity (Wildman–Crippen MR) is 97.4 cm³/mol. The second kappa shape index (κ2) is 7.15. The van der Waals surface area contributed by atoms with Crippen LogP contribution in [0.5, 0.6) is 5.75 Å². The van der Waals surface area contributed by atoms with Gasteiger partial charge in [-0.15, -0.1) is 0 Å². The Hall–Kier alpha value is -2.85. The quantitative estimate of drug-likeness (QED) is 0.710. The molecule has 1 amide bonds. The molecule has 120 valence electrons. The Kier molecular flexibility index (Phi) is 4.77. The summed E-state index contributed by atoms with van der Waals surface area (Å²) in [4.78, 5) is 16.6. The van der Waals surface area contributed by atoms with E-state index in [1.807, 2.05) is 36.4 Å². The van der Waals surface area contributed by atoms with E-state index in [0.717, 1.165) is 10.9 Å². The molecule has 2 aromatic carbocycles. The van der Waals surface area contributed by atoms with Crippen molar-refractivity contribution >= 4 is 40.2 Å². The first kappa shape index (κ1) is 16.0. The molecule has 4 nitrogen and oxygen atoms in total. The van der Waals surface area contributed by atoms with Gasteiger partial charge in [0.2, 0.25) is 5.91 Å². The lowest BCUT2D eigenvalue weighted by atomic mass is 10.1. The van der Waals surface area contributed by atoms with Crippen LogP contribution in [0.25, 0.3) is 17.0 Å². The van der Waals surface area contributed by atoms with E-state index in [2.05, 4.69) is 10.3 Å². The molecule has 0 aliphatic rings. The van der Waals surface area contributed by atoms with Gasteiger partial charge in [0.15, 0.2) is 0 Å². The number of fused-ring (bicyclic) bond motifs is 1. The van der Waals surface area contributed by atoms with E-state index < -0.39 is 0 Å². The molecule has 0 saturated carbocycles. The summed E-state index contributed by atoms with van der Waals surface area (Å²) in [5.74, 6) is 0.385. The van der Waals surface area contributed by atoms with Crippen LogP contribution in [0.3, 0.4) is 0 Å². The van der Waals surface area contributed by atoms with E-state index in [0.29, 0.717) is 22.0 Å². The summed E-state index contributed by atoms with van der Waals surface area (Å²) < 4.78 is 5.28. The number of rotatable bonds is 4. The molecule has 3 aromatic rings. The Morgan fingerprint density at radius 3 is 2.83 bits per heavy atom. The molecule has 3 rings (SSSR count). The lowest BCUT2D eigenvalue weighted by Gasteiger charge is -2.09. The van der Waals surface area contributed by atoms with Gasteiger partial charge in [0.1, 0.15) is 5.75 Å². The number of ether oxygens (including phenoxy) is 1. The van der Waals surface area contributed by atoms with Gasteiger partial charge < -0.3 is 10.1 Å². The molecule has 0 spiro atoms. The number of nitrogens with one attached hydrogen (secondary N) is 1. The molecule has 0 bridgehead atoms. The Morgan fingerprint density at radius 1 is 1.21 bits per heavy atom. The van der Waals surface area contributed by atoms with E-state index in [-0.39, 0.29) is 5.91 Å². The SMILES string of the molecule is COc1cc(NC(=O)/C=C/c2ccccc2Cl)c2ncccc2c1. The maximum atomic E-state index is 12.2. The first-order valence-electron chi connectivity index (χ1n) is 7.34. The first-order valence-corrected chi connectivity index (χ1v) is 7.71. The maximum Gasteiger partial charge on any atom is 0.248 e. The molecule has 1 heterocycles. The van der Waals surface area contributed by atoms with Crippen molar-refractivity contribution in [1.82, 2.24) is 4.98 Å². The summed E-state index contributed by atoms with van der Waals surface area (Å²) in [7, 11) is 1.58. The minimum Gasteiger partial charge on any atom is -0.497 e. The number of nitrogens with zero attached hydrogens (tertiary/aromatic N) is 1. The molecule has 1 N–H and O–H groups in total. The van der Waals surface area contributed by atoms with Gasteiger partial charge >= 0.3 is 0 Å². The molecule has 0 atom stereocenters. The number of carbonyl (C=O) groups is 1. The number of pyridine rings is 1. The third-order valence-electron chi connectivity index (χ3n) is 3.49. The van der Waals surface area contributed by atoms with Crippen molar-refractivity contribution in [2.75, 3.05) is 12.4 Å². The van der Waals surface area contributed by atoms with Crippen LogP contribution >= 0.6 is 11.6 Å². The number of halogens is 1. The van der Waals surface area contributed by atoms with Crippen LogP contribution in [-0.4, -0.2) is 18.0 Å². The van der Waals surface area contributed by atoms with Crippen molar-refractivity contribution in [3.8, 4) is 5.75 Å². The number of anilines is 1. The summed E-state index contributed by atoms with van der Waals surface area (Å²) in [6.45, 7) is 0. The highest BCUT2D eigenvalue weighted by atomic mass is 35.5. The molecule has 24 heavy (non-hydrogen) atoms. The van der Waals surface area contributed by atoms with Crippen molar-refractivity contribution in [3.05, 3.63) is 71.4 Å². The molecular formula is C19H15ClN2O2. The average Bonchev–Trinajstić information content (AvgIpc) is 2.61. The second-order valence-electron chi connectivity index (χ2n) is 5.09. The lowest BCUT2D eigenvalue weighted by molar-refractivity contribution is -0.111.